The molecule has 1 aromatic rings. The first-order valence-electron chi connectivity index (χ1n) is 9.71. The van der Waals surface area contributed by atoms with E-state index in [1.54, 1.807) is 0 Å². The molecule has 0 unspecified atom stereocenters. The molecule has 0 saturated heterocycles. The number of hydrogen-bond donors (Lipinski definition) is 2. The van der Waals surface area contributed by atoms with Crippen molar-refractivity contribution in [3.05, 3.63) is 34.9 Å². The lowest BCUT2D eigenvalue weighted by Gasteiger charge is -2.17. The average Bonchev–Trinajstić information content (AvgIpc) is 2.61. The van der Waals surface area contributed by atoms with Crippen molar-refractivity contribution in [1.29, 1.82) is 0 Å². The third-order valence-electron chi connectivity index (χ3n) is 4.54. The first-order chi connectivity index (χ1) is 13.8. The van der Waals surface area contributed by atoms with Gasteiger partial charge in [-0.3, -0.25) is 9.59 Å². The molecule has 4 nitrogen and oxygen atoms in total. The van der Waals surface area contributed by atoms with E-state index in [-0.39, 0.29) is 12.5 Å². The third kappa shape index (κ3) is 9.04. The molecular weight excluding hydrogens is 414 g/mol. The van der Waals surface area contributed by atoms with Gasteiger partial charge in [0.2, 0.25) is 11.8 Å². The van der Waals surface area contributed by atoms with E-state index in [9.17, 15) is 35.9 Å². The number of nitrogens with two attached hydrogens (primary N) is 1. The lowest BCUT2D eigenvalue weighted by molar-refractivity contribution is -0.143. The fourth-order valence-electron chi connectivity index (χ4n) is 2.97. The number of benzene rings is 1. The van der Waals surface area contributed by atoms with E-state index in [2.05, 4.69) is 12.2 Å². The van der Waals surface area contributed by atoms with Crippen LogP contribution in [0.2, 0.25) is 0 Å². The standard InChI is InChI=1S/C20H26F6N2O2/c1-2-3-4-5-6-7-8-16(18(27)30)28-17(29)11-13-9-14(19(21,22)23)12-15(10-13)20(24,25)26/h9-10,12,16H,2-8,11H2,1H3,(H2,27,30)(H,28,29)/t16-/m0/s1. The second-order valence-corrected chi connectivity index (χ2v) is 7.17. The Balaban J connectivity index is 2.80. The van der Waals surface area contributed by atoms with E-state index in [1.165, 1.54) is 0 Å². The number of unbranched alkanes of at least 4 members (excludes halogenated alkanes) is 5. The van der Waals surface area contributed by atoms with E-state index in [0.717, 1.165) is 32.1 Å². The van der Waals surface area contributed by atoms with Gasteiger partial charge >= 0.3 is 12.4 Å². The highest BCUT2D eigenvalue weighted by molar-refractivity contribution is 5.87. The van der Waals surface area contributed by atoms with Crippen molar-refractivity contribution in [2.75, 3.05) is 0 Å². The van der Waals surface area contributed by atoms with Gasteiger partial charge in [0.1, 0.15) is 6.04 Å². The number of carbonyl (C=O) groups is 2. The molecule has 0 aliphatic carbocycles. The van der Waals surface area contributed by atoms with E-state index < -0.39 is 53.3 Å². The maximum atomic E-state index is 12.9. The van der Waals surface area contributed by atoms with Crippen LogP contribution in [0.15, 0.2) is 18.2 Å². The second kappa shape index (κ2) is 11.2. The molecule has 0 bridgehead atoms. The van der Waals surface area contributed by atoms with Gasteiger partial charge in [0, 0.05) is 0 Å². The van der Waals surface area contributed by atoms with Gasteiger partial charge in [-0.25, -0.2) is 0 Å². The Kier molecular flexibility index (Phi) is 9.64. The Morgan fingerprint density at radius 3 is 1.87 bits per heavy atom. The van der Waals surface area contributed by atoms with Crippen molar-refractivity contribution in [3.8, 4) is 0 Å². The zero-order chi connectivity index (χ0) is 22.9. The van der Waals surface area contributed by atoms with Crippen LogP contribution >= 0.6 is 0 Å². The number of rotatable bonds is 11. The van der Waals surface area contributed by atoms with Gasteiger partial charge in [0.15, 0.2) is 0 Å². The van der Waals surface area contributed by atoms with Crippen molar-refractivity contribution in [2.45, 2.75) is 76.7 Å². The molecule has 30 heavy (non-hydrogen) atoms. The summed E-state index contributed by atoms with van der Waals surface area (Å²) in [5.41, 5.74) is 1.79. The van der Waals surface area contributed by atoms with Crippen molar-refractivity contribution in [2.24, 2.45) is 5.73 Å². The molecule has 0 fully saturated rings. The van der Waals surface area contributed by atoms with Gasteiger partial charge in [-0.2, -0.15) is 26.3 Å². The first kappa shape index (κ1) is 25.8. The van der Waals surface area contributed by atoms with Crippen LogP contribution in [-0.2, 0) is 28.4 Å². The van der Waals surface area contributed by atoms with E-state index in [4.69, 9.17) is 5.73 Å². The molecule has 0 spiro atoms. The normalized spacial score (nSPS) is 13.2. The topological polar surface area (TPSA) is 72.2 Å². The van der Waals surface area contributed by atoms with Crippen LogP contribution in [0.1, 0.15) is 68.6 Å². The molecular formula is C20H26F6N2O2. The Morgan fingerprint density at radius 1 is 0.900 bits per heavy atom. The van der Waals surface area contributed by atoms with Crippen molar-refractivity contribution in [3.63, 3.8) is 0 Å². The fraction of sp³-hybridized carbons (Fsp3) is 0.600. The molecule has 3 N–H and O–H groups in total. The minimum Gasteiger partial charge on any atom is -0.368 e. The summed E-state index contributed by atoms with van der Waals surface area (Å²) in [6.45, 7) is 2.07. The number of alkyl halides is 6. The third-order valence-corrected chi connectivity index (χ3v) is 4.54. The highest BCUT2D eigenvalue weighted by atomic mass is 19.4. The number of carbonyl (C=O) groups excluding carboxylic acids is 2. The summed E-state index contributed by atoms with van der Waals surface area (Å²) < 4.78 is 77.5. The maximum absolute atomic E-state index is 12.9. The van der Waals surface area contributed by atoms with Gasteiger partial charge in [-0.15, -0.1) is 0 Å². The minimum atomic E-state index is -5.00. The lowest BCUT2D eigenvalue weighted by atomic mass is 10.0. The lowest BCUT2D eigenvalue weighted by Crippen LogP contribution is -2.45. The van der Waals surface area contributed by atoms with Crippen LogP contribution in [0.4, 0.5) is 26.3 Å². The zero-order valence-corrected chi connectivity index (χ0v) is 16.6. The smallest absolute Gasteiger partial charge is 0.368 e. The maximum Gasteiger partial charge on any atom is 0.416 e. The number of halogens is 6. The minimum absolute atomic E-state index is 0.00778. The van der Waals surface area contributed by atoms with Gasteiger partial charge in [-0.05, 0) is 30.2 Å². The van der Waals surface area contributed by atoms with E-state index >= 15 is 0 Å². The molecule has 0 saturated carbocycles. The van der Waals surface area contributed by atoms with Crippen LogP contribution < -0.4 is 11.1 Å². The molecule has 1 aromatic carbocycles. The molecule has 0 heterocycles. The summed E-state index contributed by atoms with van der Waals surface area (Å²) in [7, 11) is 0. The summed E-state index contributed by atoms with van der Waals surface area (Å²) in [6, 6.07) is -0.0629. The highest BCUT2D eigenvalue weighted by Gasteiger charge is 2.37. The molecule has 0 aromatic heterocycles. The molecule has 2 amide bonds. The molecule has 0 aliphatic rings. The number of hydrogen-bond acceptors (Lipinski definition) is 2. The van der Waals surface area contributed by atoms with Crippen molar-refractivity contribution in [1.82, 2.24) is 5.32 Å². The quantitative estimate of drug-likeness (QED) is 0.376. The number of primary amides is 1. The number of amides is 2. The van der Waals surface area contributed by atoms with Crippen LogP contribution in [0.25, 0.3) is 0 Å². The first-order valence-corrected chi connectivity index (χ1v) is 9.71. The summed E-state index contributed by atoms with van der Waals surface area (Å²) >= 11 is 0. The molecule has 170 valence electrons. The van der Waals surface area contributed by atoms with Crippen LogP contribution in [-0.4, -0.2) is 17.9 Å². The molecule has 1 rings (SSSR count). The Bertz CT molecular complexity index is 684. The van der Waals surface area contributed by atoms with Gasteiger partial charge < -0.3 is 11.1 Å². The summed E-state index contributed by atoms with van der Waals surface area (Å²) in [5, 5.41) is 2.31. The molecule has 0 radical (unpaired) electrons. The largest absolute Gasteiger partial charge is 0.416 e. The monoisotopic (exact) mass is 440 g/mol. The summed E-state index contributed by atoms with van der Waals surface area (Å²) in [5.74, 6) is -1.69. The second-order valence-electron chi connectivity index (χ2n) is 7.17. The Morgan fingerprint density at radius 2 is 1.40 bits per heavy atom. The highest BCUT2D eigenvalue weighted by Crippen LogP contribution is 2.36. The molecule has 10 heteroatoms. The van der Waals surface area contributed by atoms with Crippen LogP contribution in [0.5, 0.6) is 0 Å². The van der Waals surface area contributed by atoms with Gasteiger partial charge in [-0.1, -0.05) is 45.4 Å². The Labute approximate surface area is 171 Å². The predicted molar refractivity (Wildman–Crippen MR) is 99.3 cm³/mol. The van der Waals surface area contributed by atoms with Gasteiger partial charge in [0.25, 0.3) is 0 Å². The van der Waals surface area contributed by atoms with E-state index in [0.29, 0.717) is 18.6 Å². The summed E-state index contributed by atoms with van der Waals surface area (Å²) in [4.78, 5) is 23.7. The average molecular weight is 440 g/mol. The van der Waals surface area contributed by atoms with Crippen molar-refractivity contribution < 1.29 is 35.9 Å². The number of nitrogens with one attached hydrogen (secondary N) is 1. The molecule has 0 aliphatic heterocycles. The van der Waals surface area contributed by atoms with Gasteiger partial charge in [0.05, 0.1) is 17.5 Å². The zero-order valence-electron chi connectivity index (χ0n) is 16.6. The predicted octanol–water partition coefficient (Wildman–Crippen LogP) is 4.99. The SMILES string of the molecule is CCCCCCCC[C@H](NC(=O)Cc1cc(C(F)(F)F)cc(C(F)(F)F)c1)C(N)=O. The van der Waals surface area contributed by atoms with E-state index in [1.807, 2.05) is 0 Å². The fourth-order valence-corrected chi connectivity index (χ4v) is 2.97. The van der Waals surface area contributed by atoms with Crippen LogP contribution in [0.3, 0.4) is 0 Å². The molecule has 1 atom stereocenters. The van der Waals surface area contributed by atoms with Crippen molar-refractivity contribution >= 4 is 11.8 Å². The van der Waals surface area contributed by atoms with Crippen LogP contribution in [0, 0.1) is 0 Å². The summed E-state index contributed by atoms with van der Waals surface area (Å²) in [6.07, 6.45) is -4.89. The Hall–Kier alpha value is -2.26.